The standard InChI is InChI=1S/C23H37N3O6S/c1-16(2)14-18(25-22(29)32-23(3,4)5)21(28)26(19-12-9-13-24-15-20(19)27)33(30,31)17-10-7-6-8-11-17/h6-8,10-11,16,18-20,24,27H,9,12-15H2,1-5H3,(H,25,29)/t18?,19?,20-/m0/s1. The van der Waals surface area contributed by atoms with Crippen LogP contribution in [-0.4, -0.2) is 66.7 Å². The van der Waals surface area contributed by atoms with Gasteiger partial charge < -0.3 is 20.5 Å². The molecule has 0 radical (unpaired) electrons. The Labute approximate surface area is 196 Å². The summed E-state index contributed by atoms with van der Waals surface area (Å²) in [6, 6.07) is 5.55. The van der Waals surface area contributed by atoms with Crippen LogP contribution in [0, 0.1) is 5.92 Å². The Morgan fingerprint density at radius 1 is 1.24 bits per heavy atom. The maximum atomic E-state index is 13.8. The molecule has 1 aliphatic rings. The van der Waals surface area contributed by atoms with Crippen LogP contribution in [0.25, 0.3) is 0 Å². The molecule has 1 heterocycles. The molecule has 3 atom stereocenters. The van der Waals surface area contributed by atoms with Crippen molar-refractivity contribution in [1.82, 2.24) is 14.9 Å². The fourth-order valence-electron chi connectivity index (χ4n) is 3.75. The maximum absolute atomic E-state index is 13.8. The molecule has 0 saturated carbocycles. The quantitative estimate of drug-likeness (QED) is 0.543. The highest BCUT2D eigenvalue weighted by atomic mass is 32.2. The van der Waals surface area contributed by atoms with Crippen molar-refractivity contribution in [1.29, 1.82) is 0 Å². The summed E-state index contributed by atoms with van der Waals surface area (Å²) in [4.78, 5) is 26.2. The summed E-state index contributed by atoms with van der Waals surface area (Å²) in [5, 5.41) is 16.4. The van der Waals surface area contributed by atoms with Crippen molar-refractivity contribution < 1.29 is 27.9 Å². The van der Waals surface area contributed by atoms with E-state index in [1.807, 2.05) is 13.8 Å². The van der Waals surface area contributed by atoms with Gasteiger partial charge >= 0.3 is 6.09 Å². The lowest BCUT2D eigenvalue weighted by atomic mass is 10.0. The second-order valence-corrected chi connectivity index (χ2v) is 11.6. The average molecular weight is 484 g/mol. The number of β-amino-alcohol motifs (C(OH)–C–C–N with tert-alkyl or cyclic N) is 1. The van der Waals surface area contributed by atoms with E-state index in [9.17, 15) is 23.1 Å². The number of aliphatic hydroxyl groups is 1. The average Bonchev–Trinajstić information content (AvgIpc) is 2.91. The van der Waals surface area contributed by atoms with Crippen molar-refractivity contribution in [3.05, 3.63) is 30.3 Å². The molecule has 10 heteroatoms. The summed E-state index contributed by atoms with van der Waals surface area (Å²) < 4.78 is 33.4. The summed E-state index contributed by atoms with van der Waals surface area (Å²) >= 11 is 0. The maximum Gasteiger partial charge on any atom is 0.408 e. The van der Waals surface area contributed by atoms with Gasteiger partial charge in [0.15, 0.2) is 0 Å². The van der Waals surface area contributed by atoms with Crippen LogP contribution in [0.2, 0.25) is 0 Å². The van der Waals surface area contributed by atoms with Gasteiger partial charge in [0.2, 0.25) is 0 Å². The molecule has 2 rings (SSSR count). The number of aliphatic hydroxyl groups excluding tert-OH is 1. The molecule has 1 fully saturated rings. The number of hydrogen-bond donors (Lipinski definition) is 3. The third-order valence-electron chi connectivity index (χ3n) is 5.17. The molecule has 3 N–H and O–H groups in total. The number of ether oxygens (including phenoxy) is 1. The highest BCUT2D eigenvalue weighted by Gasteiger charge is 2.43. The Balaban J connectivity index is 2.49. The highest BCUT2D eigenvalue weighted by molar-refractivity contribution is 7.89. The number of carbonyl (C=O) groups is 2. The molecule has 33 heavy (non-hydrogen) atoms. The van der Waals surface area contributed by atoms with Crippen molar-refractivity contribution >= 4 is 22.0 Å². The summed E-state index contributed by atoms with van der Waals surface area (Å²) in [5.74, 6) is -0.805. The van der Waals surface area contributed by atoms with Gasteiger partial charge in [0.1, 0.15) is 11.6 Å². The summed E-state index contributed by atoms with van der Waals surface area (Å²) in [6.07, 6.45) is -0.797. The van der Waals surface area contributed by atoms with Crippen LogP contribution in [0.15, 0.2) is 35.2 Å². The first kappa shape index (κ1) is 27.1. The lowest BCUT2D eigenvalue weighted by Crippen LogP contribution is -2.58. The predicted octanol–water partition coefficient (Wildman–Crippen LogP) is 2.26. The minimum absolute atomic E-state index is 0.0177. The lowest BCUT2D eigenvalue weighted by Gasteiger charge is -2.36. The molecule has 1 aromatic rings. The Bertz CT molecular complexity index is 899. The van der Waals surface area contributed by atoms with Gasteiger partial charge in [-0.05, 0) is 64.6 Å². The van der Waals surface area contributed by atoms with E-state index in [0.717, 1.165) is 4.31 Å². The van der Waals surface area contributed by atoms with E-state index in [4.69, 9.17) is 4.74 Å². The Morgan fingerprint density at radius 3 is 2.45 bits per heavy atom. The van der Waals surface area contributed by atoms with E-state index in [1.165, 1.54) is 12.1 Å². The molecular weight excluding hydrogens is 446 g/mol. The Kier molecular flexibility index (Phi) is 9.28. The van der Waals surface area contributed by atoms with E-state index in [-0.39, 0.29) is 23.8 Å². The van der Waals surface area contributed by atoms with Crippen LogP contribution in [0.5, 0.6) is 0 Å². The minimum Gasteiger partial charge on any atom is -0.444 e. The van der Waals surface area contributed by atoms with E-state index >= 15 is 0 Å². The van der Waals surface area contributed by atoms with Gasteiger partial charge in [-0.15, -0.1) is 0 Å². The molecule has 2 unspecified atom stereocenters. The Morgan fingerprint density at radius 2 is 1.88 bits per heavy atom. The van der Waals surface area contributed by atoms with Crippen molar-refractivity contribution in [3.63, 3.8) is 0 Å². The van der Waals surface area contributed by atoms with Gasteiger partial charge in [-0.2, -0.15) is 0 Å². The normalized spacial score (nSPS) is 20.6. The zero-order chi connectivity index (χ0) is 24.8. The highest BCUT2D eigenvalue weighted by Crippen LogP contribution is 2.26. The number of carbonyl (C=O) groups excluding carboxylic acids is 2. The van der Waals surface area contributed by atoms with Crippen molar-refractivity contribution in [2.24, 2.45) is 5.92 Å². The summed E-state index contributed by atoms with van der Waals surface area (Å²) in [5.41, 5.74) is -0.783. The molecule has 0 aromatic heterocycles. The van der Waals surface area contributed by atoms with Gasteiger partial charge in [-0.3, -0.25) is 4.79 Å². The van der Waals surface area contributed by atoms with Gasteiger partial charge in [0.05, 0.1) is 17.0 Å². The number of amides is 2. The zero-order valence-corrected chi connectivity index (χ0v) is 20.9. The number of benzene rings is 1. The van der Waals surface area contributed by atoms with Crippen LogP contribution in [0.1, 0.15) is 53.9 Å². The number of sulfonamides is 1. The number of alkyl carbamates (subject to hydrolysis) is 1. The van der Waals surface area contributed by atoms with Crippen molar-refractivity contribution in [3.8, 4) is 0 Å². The molecule has 9 nitrogen and oxygen atoms in total. The fraction of sp³-hybridized carbons (Fsp3) is 0.652. The van der Waals surface area contributed by atoms with E-state index in [0.29, 0.717) is 19.4 Å². The first-order valence-corrected chi connectivity index (χ1v) is 12.8. The second kappa shape index (κ2) is 11.3. The third-order valence-corrected chi connectivity index (χ3v) is 7.00. The third kappa shape index (κ3) is 7.68. The molecule has 1 aromatic carbocycles. The summed E-state index contributed by atoms with van der Waals surface area (Å²) in [6.45, 7) is 9.61. The Hall–Kier alpha value is -2.17. The van der Waals surface area contributed by atoms with Crippen LogP contribution in [0.4, 0.5) is 4.79 Å². The number of rotatable bonds is 7. The number of nitrogens with zero attached hydrogens (tertiary/aromatic N) is 1. The topological polar surface area (TPSA) is 125 Å². The van der Waals surface area contributed by atoms with E-state index in [2.05, 4.69) is 10.6 Å². The van der Waals surface area contributed by atoms with Gasteiger partial charge in [-0.25, -0.2) is 17.5 Å². The molecule has 0 spiro atoms. The van der Waals surface area contributed by atoms with Crippen LogP contribution < -0.4 is 10.6 Å². The largest absolute Gasteiger partial charge is 0.444 e. The van der Waals surface area contributed by atoms with E-state index < -0.39 is 45.8 Å². The lowest BCUT2D eigenvalue weighted by molar-refractivity contribution is -0.132. The first-order chi connectivity index (χ1) is 15.3. The molecule has 186 valence electrons. The van der Waals surface area contributed by atoms with Crippen LogP contribution >= 0.6 is 0 Å². The second-order valence-electron chi connectivity index (χ2n) is 9.76. The van der Waals surface area contributed by atoms with E-state index in [1.54, 1.807) is 39.0 Å². The number of hydrogen-bond acceptors (Lipinski definition) is 7. The monoisotopic (exact) mass is 483 g/mol. The zero-order valence-electron chi connectivity index (χ0n) is 20.1. The van der Waals surface area contributed by atoms with Crippen molar-refractivity contribution in [2.45, 2.75) is 82.6 Å². The SMILES string of the molecule is CC(C)CC(NC(=O)OC(C)(C)C)C(=O)N(C1CCCNC[C@@H]1O)S(=O)(=O)c1ccccc1. The molecule has 0 aliphatic carbocycles. The predicted molar refractivity (Wildman–Crippen MR) is 125 cm³/mol. The molecule has 1 aliphatic heterocycles. The fourth-order valence-corrected chi connectivity index (χ4v) is 5.45. The molecule has 1 saturated heterocycles. The molecular formula is C23H37N3O6S. The van der Waals surface area contributed by atoms with Gasteiger partial charge in [0, 0.05) is 6.54 Å². The molecule has 0 bridgehead atoms. The summed E-state index contributed by atoms with van der Waals surface area (Å²) in [7, 11) is -4.30. The van der Waals surface area contributed by atoms with Crippen LogP contribution in [0.3, 0.4) is 0 Å². The molecule has 2 amide bonds. The first-order valence-electron chi connectivity index (χ1n) is 11.3. The van der Waals surface area contributed by atoms with Gasteiger partial charge in [0.25, 0.3) is 15.9 Å². The van der Waals surface area contributed by atoms with Crippen molar-refractivity contribution in [2.75, 3.05) is 13.1 Å². The smallest absolute Gasteiger partial charge is 0.408 e. The van der Waals surface area contributed by atoms with Gasteiger partial charge in [-0.1, -0.05) is 32.0 Å². The number of nitrogens with one attached hydrogen (secondary N) is 2. The van der Waals surface area contributed by atoms with Crippen LogP contribution in [-0.2, 0) is 19.6 Å². The minimum atomic E-state index is -4.30.